The van der Waals surface area contributed by atoms with Gasteiger partial charge in [0.05, 0.1) is 7.11 Å². The van der Waals surface area contributed by atoms with E-state index in [2.05, 4.69) is 10.6 Å². The molecule has 9 nitrogen and oxygen atoms in total. The molecule has 3 rings (SSSR count). The molecule has 2 heterocycles. The average molecular weight is 409 g/mol. The Labute approximate surface area is 170 Å². The fourth-order valence-electron chi connectivity index (χ4n) is 4.27. The number of likely N-dealkylation sites (tertiary alicyclic amines) is 1. The summed E-state index contributed by atoms with van der Waals surface area (Å²) in [7, 11) is 1.25. The van der Waals surface area contributed by atoms with Crippen molar-refractivity contribution in [2.45, 2.75) is 64.1 Å². The van der Waals surface area contributed by atoms with E-state index in [9.17, 15) is 19.2 Å². The number of piperidine rings is 2. The minimum atomic E-state index is -0.931. The van der Waals surface area contributed by atoms with Crippen LogP contribution in [0.3, 0.4) is 0 Å². The highest BCUT2D eigenvalue weighted by molar-refractivity contribution is 5.91. The lowest BCUT2D eigenvalue weighted by molar-refractivity contribution is -0.146. The first kappa shape index (κ1) is 21.4. The molecule has 0 radical (unpaired) electrons. The van der Waals surface area contributed by atoms with Gasteiger partial charge >= 0.3 is 12.1 Å². The summed E-state index contributed by atoms with van der Waals surface area (Å²) in [5.41, 5.74) is -0.659. The van der Waals surface area contributed by atoms with Gasteiger partial charge < -0.3 is 20.1 Å². The molecule has 2 aliphatic heterocycles. The molecule has 0 aromatic heterocycles. The predicted octanol–water partition coefficient (Wildman–Crippen LogP) is 0.816. The minimum absolute atomic E-state index is 0.0822. The Morgan fingerprint density at radius 1 is 1.31 bits per heavy atom. The number of esters is 1. The van der Waals surface area contributed by atoms with Crippen LogP contribution in [-0.4, -0.2) is 66.7 Å². The Morgan fingerprint density at radius 3 is 2.66 bits per heavy atom. The van der Waals surface area contributed by atoms with Crippen LogP contribution < -0.4 is 10.6 Å². The second-order valence-electron chi connectivity index (χ2n) is 9.19. The van der Waals surface area contributed by atoms with Crippen molar-refractivity contribution < 1.29 is 28.7 Å². The molecule has 2 N–H and O–H groups in total. The fraction of sp³-hybridized carbons (Fsp3) is 0.800. The van der Waals surface area contributed by atoms with Crippen molar-refractivity contribution in [2.24, 2.45) is 17.8 Å². The molecule has 1 aliphatic carbocycles. The lowest BCUT2D eigenvalue weighted by Gasteiger charge is -2.31. The third-order valence-corrected chi connectivity index (χ3v) is 5.77. The average Bonchev–Trinajstić information content (AvgIpc) is 3.30. The summed E-state index contributed by atoms with van der Waals surface area (Å²) in [5, 5.41) is 5.53. The highest BCUT2D eigenvalue weighted by atomic mass is 16.6. The van der Waals surface area contributed by atoms with Gasteiger partial charge in [0.2, 0.25) is 11.8 Å². The number of nitrogens with one attached hydrogen (secondary N) is 2. The molecule has 0 bridgehead atoms. The largest absolute Gasteiger partial charge is 0.467 e. The van der Waals surface area contributed by atoms with Crippen LogP contribution in [0.15, 0.2) is 0 Å². The number of carbonyl (C=O) groups is 4. The van der Waals surface area contributed by atoms with Crippen molar-refractivity contribution in [1.82, 2.24) is 15.5 Å². The first-order chi connectivity index (χ1) is 13.6. The van der Waals surface area contributed by atoms with Gasteiger partial charge in [-0.1, -0.05) is 0 Å². The maximum absolute atomic E-state index is 13.0. The van der Waals surface area contributed by atoms with Gasteiger partial charge in [-0.25, -0.2) is 9.59 Å². The zero-order chi connectivity index (χ0) is 21.3. The van der Waals surface area contributed by atoms with Crippen LogP contribution >= 0.6 is 0 Å². The monoisotopic (exact) mass is 409 g/mol. The molecule has 3 amide bonds. The van der Waals surface area contributed by atoms with E-state index in [1.165, 1.54) is 12.0 Å². The van der Waals surface area contributed by atoms with Crippen molar-refractivity contribution in [3.63, 3.8) is 0 Å². The number of hydrogen-bond acceptors (Lipinski definition) is 6. The third kappa shape index (κ3) is 5.00. The number of hydrogen-bond donors (Lipinski definition) is 2. The Morgan fingerprint density at radius 2 is 2.03 bits per heavy atom. The van der Waals surface area contributed by atoms with E-state index in [-0.39, 0.29) is 24.2 Å². The van der Waals surface area contributed by atoms with Crippen molar-refractivity contribution in [3.05, 3.63) is 0 Å². The number of methoxy groups -OCH3 is 1. The topological polar surface area (TPSA) is 114 Å². The maximum atomic E-state index is 13.0. The second-order valence-corrected chi connectivity index (χ2v) is 9.19. The first-order valence-corrected chi connectivity index (χ1v) is 10.3. The molecule has 5 atom stereocenters. The molecule has 9 heteroatoms. The molecule has 0 aromatic carbocycles. The number of amides is 3. The lowest BCUT2D eigenvalue weighted by Crippen LogP contribution is -2.54. The molecule has 0 spiro atoms. The zero-order valence-corrected chi connectivity index (χ0v) is 17.5. The van der Waals surface area contributed by atoms with E-state index in [1.807, 2.05) is 0 Å². The molecular formula is C20H31N3O6. The number of carbonyl (C=O) groups excluding carboxylic acids is 4. The van der Waals surface area contributed by atoms with E-state index in [0.717, 1.165) is 12.8 Å². The highest BCUT2D eigenvalue weighted by Gasteiger charge is 2.58. The highest BCUT2D eigenvalue weighted by Crippen LogP contribution is 2.50. The number of rotatable bonds is 5. The lowest BCUT2D eigenvalue weighted by atomic mass is 9.91. The second kappa shape index (κ2) is 8.20. The summed E-state index contributed by atoms with van der Waals surface area (Å²) in [5.74, 6) is -1.08. The normalized spacial score (nSPS) is 29.4. The van der Waals surface area contributed by atoms with Crippen molar-refractivity contribution >= 4 is 23.9 Å². The van der Waals surface area contributed by atoms with Crippen LogP contribution in [-0.2, 0) is 23.9 Å². The summed E-state index contributed by atoms with van der Waals surface area (Å²) >= 11 is 0. The van der Waals surface area contributed by atoms with E-state index in [0.29, 0.717) is 25.4 Å². The molecule has 2 saturated heterocycles. The van der Waals surface area contributed by atoms with E-state index < -0.39 is 35.7 Å². The third-order valence-electron chi connectivity index (χ3n) is 5.77. The Balaban J connectivity index is 1.68. The molecular weight excluding hydrogens is 378 g/mol. The Bertz CT molecular complexity index is 688. The van der Waals surface area contributed by atoms with Gasteiger partial charge in [-0.2, -0.15) is 0 Å². The van der Waals surface area contributed by atoms with Gasteiger partial charge in [0.15, 0.2) is 0 Å². The zero-order valence-electron chi connectivity index (χ0n) is 17.5. The number of ether oxygens (including phenoxy) is 2. The maximum Gasteiger partial charge on any atom is 0.410 e. The van der Waals surface area contributed by atoms with Gasteiger partial charge in [-0.15, -0.1) is 0 Å². The number of nitrogens with zero attached hydrogens (tertiary/aromatic N) is 1. The van der Waals surface area contributed by atoms with Gasteiger partial charge in [0.25, 0.3) is 0 Å². The molecule has 3 fully saturated rings. The first-order valence-electron chi connectivity index (χ1n) is 10.3. The van der Waals surface area contributed by atoms with E-state index in [4.69, 9.17) is 9.47 Å². The molecule has 2 unspecified atom stereocenters. The molecule has 29 heavy (non-hydrogen) atoms. The summed E-state index contributed by atoms with van der Waals surface area (Å²) < 4.78 is 10.3. The molecule has 3 aliphatic rings. The summed E-state index contributed by atoms with van der Waals surface area (Å²) in [6, 6.07) is -1.60. The van der Waals surface area contributed by atoms with Gasteiger partial charge in [0.1, 0.15) is 17.7 Å². The minimum Gasteiger partial charge on any atom is -0.467 e. The SMILES string of the molecule is COC(=O)[C@H](C[C@@H]1CCCNC1=O)NC(=O)C1C2C[C@H]2CN1C(=O)OC(C)(C)C. The van der Waals surface area contributed by atoms with Crippen LogP contribution in [0.25, 0.3) is 0 Å². The van der Waals surface area contributed by atoms with Gasteiger partial charge in [0, 0.05) is 19.0 Å². The Kier molecular flexibility index (Phi) is 6.05. The van der Waals surface area contributed by atoms with Crippen LogP contribution in [0, 0.1) is 17.8 Å². The van der Waals surface area contributed by atoms with Gasteiger partial charge in [-0.3, -0.25) is 14.5 Å². The van der Waals surface area contributed by atoms with E-state index >= 15 is 0 Å². The van der Waals surface area contributed by atoms with Crippen LogP contribution in [0.1, 0.15) is 46.5 Å². The smallest absolute Gasteiger partial charge is 0.410 e. The standard InChI is InChI=1S/C20H31N3O6/c1-20(2,3)29-19(27)23-10-12-8-13(12)15(23)17(25)22-14(18(26)28-4)9-11-6-5-7-21-16(11)24/h11-15H,5-10H2,1-4H3,(H,21,24)(H,22,25)/t11-,12-,13?,14-,15?/m0/s1. The predicted molar refractivity (Wildman–Crippen MR) is 103 cm³/mol. The van der Waals surface area contributed by atoms with E-state index in [1.54, 1.807) is 20.8 Å². The van der Waals surface area contributed by atoms with Gasteiger partial charge in [-0.05, 0) is 58.3 Å². The van der Waals surface area contributed by atoms with Crippen molar-refractivity contribution in [2.75, 3.05) is 20.2 Å². The molecule has 0 aromatic rings. The van der Waals surface area contributed by atoms with Crippen molar-refractivity contribution in [3.8, 4) is 0 Å². The summed E-state index contributed by atoms with van der Waals surface area (Å²) in [6.45, 7) is 6.43. The van der Waals surface area contributed by atoms with Crippen LogP contribution in [0.4, 0.5) is 4.79 Å². The number of fused-ring (bicyclic) bond motifs is 1. The molecule has 162 valence electrons. The Hall–Kier alpha value is -2.32. The summed E-state index contributed by atoms with van der Waals surface area (Å²) in [6.07, 6.45) is 2.03. The van der Waals surface area contributed by atoms with Crippen molar-refractivity contribution in [1.29, 1.82) is 0 Å². The van der Waals surface area contributed by atoms with Crippen LogP contribution in [0.2, 0.25) is 0 Å². The quantitative estimate of drug-likeness (QED) is 0.650. The fourth-order valence-corrected chi connectivity index (χ4v) is 4.27. The summed E-state index contributed by atoms with van der Waals surface area (Å²) in [4.78, 5) is 51.4. The van der Waals surface area contributed by atoms with Crippen LogP contribution in [0.5, 0.6) is 0 Å². The molecule has 1 saturated carbocycles.